The van der Waals surface area contributed by atoms with Gasteiger partial charge < -0.3 is 10.6 Å². The van der Waals surface area contributed by atoms with Crippen molar-refractivity contribution >= 4 is 5.82 Å². The monoisotopic (exact) mass is 248 g/mol. The summed E-state index contributed by atoms with van der Waals surface area (Å²) in [5, 5.41) is 0. The van der Waals surface area contributed by atoms with Gasteiger partial charge in [0.1, 0.15) is 5.82 Å². The van der Waals surface area contributed by atoms with E-state index in [1.54, 1.807) is 0 Å². The highest BCUT2D eigenvalue weighted by Crippen LogP contribution is 2.25. The third-order valence-electron chi connectivity index (χ3n) is 3.90. The Kier molecular flexibility index (Phi) is 3.88. The van der Waals surface area contributed by atoms with Gasteiger partial charge in [-0.15, -0.1) is 0 Å². The van der Waals surface area contributed by atoms with E-state index >= 15 is 0 Å². The number of anilines is 1. The number of piperazine rings is 1. The summed E-state index contributed by atoms with van der Waals surface area (Å²) < 4.78 is 0. The Morgan fingerprint density at radius 2 is 2.17 bits per heavy atom. The zero-order valence-electron chi connectivity index (χ0n) is 11.7. The Morgan fingerprint density at radius 1 is 1.39 bits per heavy atom. The highest BCUT2D eigenvalue weighted by Gasteiger charge is 2.32. The first-order chi connectivity index (χ1) is 8.54. The molecule has 0 bridgehead atoms. The predicted octanol–water partition coefficient (Wildman–Crippen LogP) is 1.11. The van der Waals surface area contributed by atoms with Crippen LogP contribution in [0.1, 0.15) is 19.4 Å². The minimum atomic E-state index is 0.190. The third kappa shape index (κ3) is 2.65. The third-order valence-corrected chi connectivity index (χ3v) is 3.90. The molecule has 1 saturated heterocycles. The van der Waals surface area contributed by atoms with Gasteiger partial charge in [0.05, 0.1) is 0 Å². The normalized spacial score (nSPS) is 20.1. The lowest BCUT2D eigenvalue weighted by Gasteiger charge is -2.46. The lowest BCUT2D eigenvalue weighted by atomic mass is 9.99. The van der Waals surface area contributed by atoms with Crippen molar-refractivity contribution in [2.45, 2.75) is 25.8 Å². The molecular weight excluding hydrogens is 224 g/mol. The Morgan fingerprint density at radius 3 is 2.83 bits per heavy atom. The maximum atomic E-state index is 5.68. The second-order valence-electron chi connectivity index (χ2n) is 5.68. The standard InChI is InChI=1S/C14H24N4/c1-14(2)11-18(10-9-17(14)3)13-12(6-7-15)5-4-8-16-13/h4-5,8H,6-7,9-11,15H2,1-3H3. The van der Waals surface area contributed by atoms with Gasteiger partial charge in [0.15, 0.2) is 0 Å². The molecule has 18 heavy (non-hydrogen) atoms. The number of nitrogens with two attached hydrogens (primary N) is 1. The molecule has 1 aliphatic heterocycles. The molecule has 2 rings (SSSR count). The molecule has 1 aromatic rings. The SMILES string of the molecule is CN1CCN(c2ncccc2CCN)CC1(C)C. The summed E-state index contributed by atoms with van der Waals surface area (Å²) >= 11 is 0. The van der Waals surface area contributed by atoms with Crippen LogP contribution in [0.5, 0.6) is 0 Å². The average molecular weight is 248 g/mol. The number of likely N-dealkylation sites (N-methyl/N-ethyl adjacent to an activating group) is 1. The molecular formula is C14H24N4. The van der Waals surface area contributed by atoms with E-state index in [1.165, 1.54) is 5.56 Å². The van der Waals surface area contributed by atoms with E-state index < -0.39 is 0 Å². The highest BCUT2D eigenvalue weighted by molar-refractivity contribution is 5.48. The topological polar surface area (TPSA) is 45.4 Å². The fraction of sp³-hybridized carbons (Fsp3) is 0.643. The average Bonchev–Trinajstić information content (AvgIpc) is 2.34. The molecule has 100 valence electrons. The summed E-state index contributed by atoms with van der Waals surface area (Å²) in [4.78, 5) is 9.37. The zero-order chi connectivity index (χ0) is 13.2. The van der Waals surface area contributed by atoms with E-state index in [2.05, 4.69) is 41.7 Å². The van der Waals surface area contributed by atoms with Crippen LogP contribution in [-0.2, 0) is 6.42 Å². The second-order valence-corrected chi connectivity index (χ2v) is 5.68. The van der Waals surface area contributed by atoms with Crippen molar-refractivity contribution in [3.05, 3.63) is 23.9 Å². The van der Waals surface area contributed by atoms with Gasteiger partial charge in [0, 0.05) is 31.4 Å². The lowest BCUT2D eigenvalue weighted by molar-refractivity contribution is 0.138. The van der Waals surface area contributed by atoms with Crippen LogP contribution in [0.2, 0.25) is 0 Å². The van der Waals surface area contributed by atoms with E-state index in [-0.39, 0.29) is 5.54 Å². The van der Waals surface area contributed by atoms with Gasteiger partial charge in [0.2, 0.25) is 0 Å². The maximum absolute atomic E-state index is 5.68. The molecule has 4 heteroatoms. The predicted molar refractivity (Wildman–Crippen MR) is 75.9 cm³/mol. The minimum absolute atomic E-state index is 0.190. The summed E-state index contributed by atoms with van der Waals surface area (Å²) in [6.07, 6.45) is 2.77. The van der Waals surface area contributed by atoms with E-state index in [9.17, 15) is 0 Å². The van der Waals surface area contributed by atoms with Crippen LogP contribution >= 0.6 is 0 Å². The lowest BCUT2D eigenvalue weighted by Crippen LogP contribution is -2.58. The van der Waals surface area contributed by atoms with Crippen molar-refractivity contribution in [1.29, 1.82) is 0 Å². The van der Waals surface area contributed by atoms with Crippen molar-refractivity contribution in [3.8, 4) is 0 Å². The minimum Gasteiger partial charge on any atom is -0.353 e. The number of rotatable bonds is 3. The van der Waals surface area contributed by atoms with E-state index in [1.807, 2.05) is 12.3 Å². The molecule has 2 heterocycles. The Hall–Kier alpha value is -1.13. The Balaban J connectivity index is 2.22. The number of hydrogen-bond donors (Lipinski definition) is 1. The summed E-state index contributed by atoms with van der Waals surface area (Å²) in [6.45, 7) is 8.36. The van der Waals surface area contributed by atoms with Crippen molar-refractivity contribution in [1.82, 2.24) is 9.88 Å². The van der Waals surface area contributed by atoms with Crippen LogP contribution in [0.15, 0.2) is 18.3 Å². The molecule has 0 unspecified atom stereocenters. The molecule has 1 fully saturated rings. The number of pyridine rings is 1. The van der Waals surface area contributed by atoms with Gasteiger partial charge in [0.25, 0.3) is 0 Å². The molecule has 0 amide bonds. The Bertz CT molecular complexity index is 403. The fourth-order valence-electron chi connectivity index (χ4n) is 2.49. The number of hydrogen-bond acceptors (Lipinski definition) is 4. The van der Waals surface area contributed by atoms with Crippen LogP contribution < -0.4 is 10.6 Å². The van der Waals surface area contributed by atoms with Crippen molar-refractivity contribution in [2.24, 2.45) is 5.73 Å². The number of nitrogens with zero attached hydrogens (tertiary/aromatic N) is 3. The molecule has 0 aliphatic carbocycles. The smallest absolute Gasteiger partial charge is 0.131 e. The second kappa shape index (κ2) is 5.24. The molecule has 0 radical (unpaired) electrons. The fourth-order valence-corrected chi connectivity index (χ4v) is 2.49. The first-order valence-corrected chi connectivity index (χ1v) is 6.65. The molecule has 0 atom stereocenters. The largest absolute Gasteiger partial charge is 0.353 e. The van der Waals surface area contributed by atoms with Crippen molar-refractivity contribution < 1.29 is 0 Å². The quantitative estimate of drug-likeness (QED) is 0.870. The van der Waals surface area contributed by atoms with Crippen LogP contribution in [0.3, 0.4) is 0 Å². The van der Waals surface area contributed by atoms with Gasteiger partial charge in [-0.3, -0.25) is 4.90 Å². The van der Waals surface area contributed by atoms with E-state index in [0.29, 0.717) is 6.54 Å². The van der Waals surface area contributed by atoms with Crippen LogP contribution in [0.4, 0.5) is 5.82 Å². The van der Waals surface area contributed by atoms with Crippen molar-refractivity contribution in [2.75, 3.05) is 38.1 Å². The van der Waals surface area contributed by atoms with Gasteiger partial charge in [-0.2, -0.15) is 0 Å². The van der Waals surface area contributed by atoms with Gasteiger partial charge in [-0.1, -0.05) is 6.07 Å². The molecule has 2 N–H and O–H groups in total. The first-order valence-electron chi connectivity index (χ1n) is 6.65. The van der Waals surface area contributed by atoms with Crippen LogP contribution in [0.25, 0.3) is 0 Å². The molecule has 1 aromatic heterocycles. The van der Waals surface area contributed by atoms with E-state index in [4.69, 9.17) is 5.73 Å². The zero-order valence-corrected chi connectivity index (χ0v) is 11.7. The summed E-state index contributed by atoms with van der Waals surface area (Å²) in [6, 6.07) is 4.14. The first kappa shape index (κ1) is 13.3. The van der Waals surface area contributed by atoms with E-state index in [0.717, 1.165) is 31.9 Å². The molecule has 0 spiro atoms. The molecule has 4 nitrogen and oxygen atoms in total. The van der Waals surface area contributed by atoms with Crippen LogP contribution in [-0.4, -0.2) is 48.6 Å². The van der Waals surface area contributed by atoms with Gasteiger partial charge in [-0.05, 0) is 45.5 Å². The summed E-state index contributed by atoms with van der Waals surface area (Å²) in [5.41, 5.74) is 7.13. The molecule has 1 aliphatic rings. The number of aromatic nitrogens is 1. The maximum Gasteiger partial charge on any atom is 0.131 e. The van der Waals surface area contributed by atoms with Crippen molar-refractivity contribution in [3.63, 3.8) is 0 Å². The summed E-state index contributed by atoms with van der Waals surface area (Å²) in [7, 11) is 2.19. The summed E-state index contributed by atoms with van der Waals surface area (Å²) in [5.74, 6) is 1.11. The highest BCUT2D eigenvalue weighted by atomic mass is 15.3. The van der Waals surface area contributed by atoms with Gasteiger partial charge in [-0.25, -0.2) is 4.98 Å². The van der Waals surface area contributed by atoms with Gasteiger partial charge >= 0.3 is 0 Å². The van der Waals surface area contributed by atoms with Crippen LogP contribution in [0, 0.1) is 0 Å². The Labute approximate surface area is 110 Å². The molecule has 0 aromatic carbocycles. The molecule has 0 saturated carbocycles.